The second kappa shape index (κ2) is 7.67. The third kappa shape index (κ3) is 4.03. The number of benzene rings is 1. The Morgan fingerprint density at radius 1 is 1.55 bits per heavy atom. The van der Waals surface area contributed by atoms with Crippen LogP contribution in [0.2, 0.25) is 5.02 Å². The molecule has 1 atom stereocenters. The molecule has 1 aromatic carbocycles. The molecule has 0 saturated carbocycles. The topological polar surface area (TPSA) is 54.0 Å². The zero-order valence-electron chi connectivity index (χ0n) is 13.1. The van der Waals surface area contributed by atoms with E-state index in [1.54, 1.807) is 18.1 Å². The molecule has 0 aliphatic carbocycles. The third-order valence-electron chi connectivity index (χ3n) is 3.45. The van der Waals surface area contributed by atoms with Gasteiger partial charge in [-0.2, -0.15) is 0 Å². The van der Waals surface area contributed by atoms with Gasteiger partial charge in [-0.3, -0.25) is 0 Å². The average Bonchev–Trinajstić information content (AvgIpc) is 2.47. The highest BCUT2D eigenvalue weighted by atomic mass is 35.5. The highest BCUT2D eigenvalue weighted by Gasteiger charge is 2.25. The third-order valence-corrected chi connectivity index (χ3v) is 3.76. The van der Waals surface area contributed by atoms with Crippen LogP contribution in [0.1, 0.15) is 0 Å². The summed E-state index contributed by atoms with van der Waals surface area (Å²) in [5.74, 6) is 0. The van der Waals surface area contributed by atoms with Crippen LogP contribution in [0.4, 0.5) is 16.2 Å². The van der Waals surface area contributed by atoms with Crippen molar-refractivity contribution in [1.29, 1.82) is 0 Å². The number of carbonyl (C=O) groups excluding carboxylic acids is 1. The van der Waals surface area contributed by atoms with E-state index in [1.807, 2.05) is 31.1 Å². The van der Waals surface area contributed by atoms with Crippen LogP contribution in [0.3, 0.4) is 0 Å². The highest BCUT2D eigenvalue weighted by Crippen LogP contribution is 2.32. The van der Waals surface area contributed by atoms with Crippen molar-refractivity contribution in [3.05, 3.63) is 23.2 Å². The summed E-state index contributed by atoms with van der Waals surface area (Å²) < 4.78 is 10.6. The van der Waals surface area contributed by atoms with E-state index in [2.05, 4.69) is 5.32 Å². The van der Waals surface area contributed by atoms with Crippen LogP contribution in [-0.4, -0.2) is 64.5 Å². The van der Waals surface area contributed by atoms with Gasteiger partial charge in [0, 0.05) is 27.7 Å². The number of morpholine rings is 1. The Hall–Kier alpha value is -1.50. The number of halogens is 1. The van der Waals surface area contributed by atoms with Crippen LogP contribution in [0.25, 0.3) is 0 Å². The van der Waals surface area contributed by atoms with Gasteiger partial charge in [0.05, 0.1) is 42.3 Å². The number of nitrogens with zero attached hydrogens (tertiary/aromatic N) is 2. The minimum Gasteiger partial charge on any atom is -0.382 e. The van der Waals surface area contributed by atoms with Crippen molar-refractivity contribution >= 4 is 29.0 Å². The lowest BCUT2D eigenvalue weighted by atomic mass is 10.2. The number of hydrogen-bond acceptors (Lipinski definition) is 4. The second-order valence-electron chi connectivity index (χ2n) is 5.35. The van der Waals surface area contributed by atoms with Gasteiger partial charge in [0.2, 0.25) is 0 Å². The molecule has 0 bridgehead atoms. The van der Waals surface area contributed by atoms with E-state index in [4.69, 9.17) is 21.1 Å². The molecule has 1 fully saturated rings. The standard InChI is InChI=1S/C15H22ClN3O3/c1-18(2)14-12(16)5-4-6-13(14)17-15(20)19-7-8-22-11(9-19)10-21-3/h4-6,11H,7-10H2,1-3H3,(H,17,20). The molecule has 1 aromatic rings. The van der Waals surface area contributed by atoms with E-state index in [0.29, 0.717) is 37.0 Å². The number of methoxy groups -OCH3 is 1. The second-order valence-corrected chi connectivity index (χ2v) is 5.76. The largest absolute Gasteiger partial charge is 0.382 e. The molecule has 6 nitrogen and oxygen atoms in total. The fourth-order valence-corrected chi connectivity index (χ4v) is 2.80. The molecule has 1 aliphatic heterocycles. The summed E-state index contributed by atoms with van der Waals surface area (Å²) in [5, 5.41) is 3.53. The normalized spacial score (nSPS) is 18.2. The Bertz CT molecular complexity index is 523. The van der Waals surface area contributed by atoms with Crippen molar-refractivity contribution in [2.75, 3.05) is 57.7 Å². The number of hydrogen-bond donors (Lipinski definition) is 1. The number of nitrogens with one attached hydrogen (secondary N) is 1. The van der Waals surface area contributed by atoms with Gasteiger partial charge in [-0.05, 0) is 12.1 Å². The van der Waals surface area contributed by atoms with Gasteiger partial charge in [-0.15, -0.1) is 0 Å². The first-order valence-electron chi connectivity index (χ1n) is 7.15. The Morgan fingerprint density at radius 2 is 2.32 bits per heavy atom. The smallest absolute Gasteiger partial charge is 0.322 e. The fraction of sp³-hybridized carbons (Fsp3) is 0.533. The van der Waals surface area contributed by atoms with Gasteiger partial charge >= 0.3 is 6.03 Å². The monoisotopic (exact) mass is 327 g/mol. The zero-order valence-corrected chi connectivity index (χ0v) is 13.9. The van der Waals surface area contributed by atoms with E-state index < -0.39 is 0 Å². The number of anilines is 2. The molecule has 0 aromatic heterocycles. The summed E-state index contributed by atoms with van der Waals surface area (Å²) in [6, 6.07) is 5.30. The lowest BCUT2D eigenvalue weighted by Crippen LogP contribution is -2.48. The van der Waals surface area contributed by atoms with E-state index in [-0.39, 0.29) is 12.1 Å². The number of para-hydroxylation sites is 1. The lowest BCUT2D eigenvalue weighted by molar-refractivity contribution is -0.0481. The minimum absolute atomic E-state index is 0.0859. The van der Waals surface area contributed by atoms with Gasteiger partial charge in [0.25, 0.3) is 0 Å². The van der Waals surface area contributed by atoms with Gasteiger partial charge in [0.1, 0.15) is 0 Å². The average molecular weight is 328 g/mol. The van der Waals surface area contributed by atoms with Crippen molar-refractivity contribution in [3.63, 3.8) is 0 Å². The zero-order chi connectivity index (χ0) is 16.1. The molecule has 7 heteroatoms. The molecule has 1 saturated heterocycles. The number of ether oxygens (including phenoxy) is 2. The molecule has 0 spiro atoms. The maximum absolute atomic E-state index is 12.5. The first-order chi connectivity index (χ1) is 10.5. The Balaban J connectivity index is 2.07. The molecular weight excluding hydrogens is 306 g/mol. The first kappa shape index (κ1) is 16.9. The molecule has 122 valence electrons. The van der Waals surface area contributed by atoms with Gasteiger partial charge in [-0.1, -0.05) is 17.7 Å². The SMILES string of the molecule is COCC1CN(C(=O)Nc2cccc(Cl)c2N(C)C)CCO1. The molecule has 22 heavy (non-hydrogen) atoms. The van der Waals surface area contributed by atoms with Crippen molar-refractivity contribution in [2.45, 2.75) is 6.10 Å². The quantitative estimate of drug-likeness (QED) is 0.922. The number of urea groups is 1. The number of rotatable bonds is 4. The van der Waals surface area contributed by atoms with Crippen LogP contribution >= 0.6 is 11.6 Å². The van der Waals surface area contributed by atoms with Crippen LogP contribution in [0.5, 0.6) is 0 Å². The van der Waals surface area contributed by atoms with Gasteiger partial charge in [0.15, 0.2) is 0 Å². The van der Waals surface area contributed by atoms with Crippen LogP contribution in [0.15, 0.2) is 18.2 Å². The minimum atomic E-state index is -0.158. The number of carbonyl (C=O) groups is 1. The first-order valence-corrected chi connectivity index (χ1v) is 7.53. The van der Waals surface area contributed by atoms with Crippen molar-refractivity contribution in [1.82, 2.24) is 4.90 Å². The molecular formula is C15H22ClN3O3. The highest BCUT2D eigenvalue weighted by molar-refractivity contribution is 6.34. The predicted octanol–water partition coefficient (Wildman–Crippen LogP) is 2.29. The lowest BCUT2D eigenvalue weighted by Gasteiger charge is -2.33. The summed E-state index contributed by atoms with van der Waals surface area (Å²) >= 11 is 6.21. The van der Waals surface area contributed by atoms with E-state index in [1.165, 1.54) is 0 Å². The van der Waals surface area contributed by atoms with Crippen molar-refractivity contribution in [2.24, 2.45) is 0 Å². The molecule has 1 heterocycles. The molecule has 1 N–H and O–H groups in total. The van der Waals surface area contributed by atoms with Gasteiger partial charge in [-0.25, -0.2) is 4.79 Å². The van der Waals surface area contributed by atoms with E-state index >= 15 is 0 Å². The Kier molecular flexibility index (Phi) is 5.88. The van der Waals surface area contributed by atoms with Crippen LogP contribution < -0.4 is 10.2 Å². The summed E-state index contributed by atoms with van der Waals surface area (Å²) in [7, 11) is 5.40. The molecule has 1 unspecified atom stereocenters. The van der Waals surface area contributed by atoms with E-state index in [9.17, 15) is 4.79 Å². The summed E-state index contributed by atoms with van der Waals surface area (Å²) in [6.07, 6.45) is -0.0859. The molecule has 1 aliphatic rings. The van der Waals surface area contributed by atoms with Crippen LogP contribution in [-0.2, 0) is 9.47 Å². The summed E-state index contributed by atoms with van der Waals surface area (Å²) in [6.45, 7) is 2.06. The van der Waals surface area contributed by atoms with Crippen molar-refractivity contribution in [3.8, 4) is 0 Å². The molecule has 2 rings (SSSR count). The van der Waals surface area contributed by atoms with E-state index in [0.717, 1.165) is 5.69 Å². The van der Waals surface area contributed by atoms with Crippen LogP contribution in [0, 0.1) is 0 Å². The Labute approximate surface area is 135 Å². The maximum Gasteiger partial charge on any atom is 0.322 e. The maximum atomic E-state index is 12.5. The predicted molar refractivity (Wildman–Crippen MR) is 88.0 cm³/mol. The molecule has 2 amide bonds. The number of amides is 2. The Morgan fingerprint density at radius 3 is 3.00 bits per heavy atom. The summed E-state index contributed by atoms with van der Waals surface area (Å²) in [5.41, 5.74) is 1.48. The van der Waals surface area contributed by atoms with Gasteiger partial charge < -0.3 is 24.6 Å². The summed E-state index contributed by atoms with van der Waals surface area (Å²) in [4.78, 5) is 16.1. The fourth-order valence-electron chi connectivity index (χ4n) is 2.46. The molecule has 0 radical (unpaired) electrons. The van der Waals surface area contributed by atoms with Crippen molar-refractivity contribution < 1.29 is 14.3 Å².